The molecule has 3 aromatic carbocycles. The average molecular weight is 490 g/mol. The first-order chi connectivity index (χ1) is 16.7. The lowest BCUT2D eigenvalue weighted by atomic mass is 9.91. The summed E-state index contributed by atoms with van der Waals surface area (Å²) in [6.07, 6.45) is 3.48. The van der Waals surface area contributed by atoms with Crippen LogP contribution in [0.3, 0.4) is 0 Å². The van der Waals surface area contributed by atoms with Crippen LogP contribution in [0.15, 0.2) is 83.1 Å². The number of hydrogen-bond acceptors (Lipinski definition) is 3. The van der Waals surface area contributed by atoms with Gasteiger partial charge in [-0.25, -0.2) is 0 Å². The van der Waals surface area contributed by atoms with Gasteiger partial charge in [0.1, 0.15) is 0 Å². The number of thioether (sulfide) groups is 2. The smallest absolute Gasteiger partial charge is 0.0794 e. The molecule has 0 saturated carbocycles. The highest BCUT2D eigenvalue weighted by atomic mass is 32.2. The van der Waals surface area contributed by atoms with Gasteiger partial charge in [-0.3, -0.25) is 0 Å². The van der Waals surface area contributed by atoms with E-state index in [1.54, 1.807) is 0 Å². The van der Waals surface area contributed by atoms with Crippen molar-refractivity contribution in [1.82, 2.24) is 0 Å². The first kappa shape index (κ1) is 25.0. The number of fused-ring (bicyclic) bond motifs is 2. The van der Waals surface area contributed by atoms with E-state index < -0.39 is 0 Å². The van der Waals surface area contributed by atoms with Gasteiger partial charge in [0.2, 0.25) is 0 Å². The number of anilines is 3. The van der Waals surface area contributed by atoms with E-state index >= 15 is 0 Å². The minimum absolute atomic E-state index is 1.16. The monoisotopic (exact) mass is 489 g/mol. The number of benzene rings is 3. The molecule has 2 nitrogen and oxygen atoms in total. The standard InChI is InChI=1S/C30H37N2S2/c1-5-32(6-2,7-3)22-15-23-34-30(33-4)29-25-18-11-13-20-27(25)31(24-16-9-8-10-17-24)28-21-14-12-19-26(28)29/h8-14,16-21H,5-7,15,22-23H2,1-4H3/q+1. The van der Waals surface area contributed by atoms with Gasteiger partial charge in [-0.05, 0) is 51.3 Å². The van der Waals surface area contributed by atoms with Gasteiger partial charge in [0.05, 0.1) is 37.6 Å². The van der Waals surface area contributed by atoms with E-state index in [-0.39, 0.29) is 0 Å². The lowest BCUT2D eigenvalue weighted by Crippen LogP contribution is -2.48. The third kappa shape index (κ3) is 4.95. The normalized spacial score (nSPS) is 12.9. The molecule has 0 amide bonds. The maximum Gasteiger partial charge on any atom is 0.0794 e. The topological polar surface area (TPSA) is 3.24 Å². The molecule has 1 aliphatic heterocycles. The molecule has 0 fully saturated rings. The SMILES string of the molecule is CC[N+](CC)(CC)CCCSC(SC)=C1c2ccccc2N(c2ccccc2)c2ccccc21. The summed E-state index contributed by atoms with van der Waals surface area (Å²) in [5.41, 5.74) is 7.75. The molecule has 0 bridgehead atoms. The average Bonchev–Trinajstić information content (AvgIpc) is 2.91. The molecule has 0 aromatic heterocycles. The summed E-state index contributed by atoms with van der Waals surface area (Å²) in [5.74, 6) is 1.16. The van der Waals surface area contributed by atoms with Crippen LogP contribution in [0, 0.1) is 0 Å². The molecule has 1 aliphatic rings. The van der Waals surface area contributed by atoms with Crippen LogP contribution in [-0.4, -0.2) is 42.7 Å². The molecular formula is C30H37N2S2+. The van der Waals surface area contributed by atoms with Crippen molar-refractivity contribution in [3.05, 3.63) is 94.2 Å². The fraction of sp³-hybridized carbons (Fsp3) is 0.333. The van der Waals surface area contributed by atoms with Gasteiger partial charge < -0.3 is 9.38 Å². The van der Waals surface area contributed by atoms with E-state index in [1.165, 1.54) is 75.1 Å². The fourth-order valence-corrected chi connectivity index (χ4v) is 7.02. The third-order valence-corrected chi connectivity index (χ3v) is 9.64. The van der Waals surface area contributed by atoms with E-state index in [1.807, 2.05) is 23.5 Å². The maximum atomic E-state index is 2.41. The quantitative estimate of drug-likeness (QED) is 0.162. The molecule has 0 radical (unpaired) electrons. The molecule has 178 valence electrons. The van der Waals surface area contributed by atoms with Crippen molar-refractivity contribution in [2.45, 2.75) is 27.2 Å². The Morgan fingerprint density at radius 2 is 1.26 bits per heavy atom. The van der Waals surface area contributed by atoms with Crippen LogP contribution in [0.5, 0.6) is 0 Å². The zero-order valence-corrected chi connectivity index (χ0v) is 22.6. The largest absolute Gasteiger partial charge is 0.324 e. The van der Waals surface area contributed by atoms with E-state index in [0.717, 1.165) is 5.75 Å². The van der Waals surface area contributed by atoms with Crippen LogP contribution < -0.4 is 4.90 Å². The zero-order chi connectivity index (χ0) is 24.0. The molecule has 1 heterocycles. The molecule has 0 unspecified atom stereocenters. The van der Waals surface area contributed by atoms with Gasteiger partial charge in [-0.1, -0.05) is 54.6 Å². The molecule has 0 saturated heterocycles. The van der Waals surface area contributed by atoms with Gasteiger partial charge in [0, 0.05) is 38.8 Å². The Morgan fingerprint density at radius 3 is 1.79 bits per heavy atom. The molecule has 3 aromatic rings. The highest BCUT2D eigenvalue weighted by molar-refractivity contribution is 8.22. The second-order valence-corrected chi connectivity index (χ2v) is 11.0. The van der Waals surface area contributed by atoms with Crippen LogP contribution in [-0.2, 0) is 0 Å². The predicted molar refractivity (Wildman–Crippen MR) is 154 cm³/mol. The molecule has 0 atom stereocenters. The summed E-state index contributed by atoms with van der Waals surface area (Å²) < 4.78 is 2.65. The first-order valence-electron chi connectivity index (χ1n) is 12.5. The van der Waals surface area contributed by atoms with Crippen molar-refractivity contribution >= 4 is 46.2 Å². The van der Waals surface area contributed by atoms with Crippen molar-refractivity contribution in [2.24, 2.45) is 0 Å². The van der Waals surface area contributed by atoms with Gasteiger partial charge in [-0.15, -0.1) is 23.5 Å². The molecule has 4 heteroatoms. The van der Waals surface area contributed by atoms with Gasteiger partial charge in [-0.2, -0.15) is 0 Å². The van der Waals surface area contributed by atoms with Crippen molar-refractivity contribution < 1.29 is 4.48 Å². The Morgan fingerprint density at radius 1 is 0.735 bits per heavy atom. The Balaban J connectivity index is 1.71. The van der Waals surface area contributed by atoms with Gasteiger partial charge in [0.15, 0.2) is 0 Å². The van der Waals surface area contributed by atoms with Crippen LogP contribution >= 0.6 is 23.5 Å². The van der Waals surface area contributed by atoms with E-state index in [2.05, 4.69) is 111 Å². The highest BCUT2D eigenvalue weighted by Gasteiger charge is 2.29. The zero-order valence-electron chi connectivity index (χ0n) is 21.0. The first-order valence-corrected chi connectivity index (χ1v) is 14.7. The van der Waals surface area contributed by atoms with Crippen LogP contribution in [0.25, 0.3) is 5.57 Å². The summed E-state index contributed by atoms with van der Waals surface area (Å²) in [6.45, 7) is 12.0. The van der Waals surface area contributed by atoms with Crippen molar-refractivity contribution in [2.75, 3.05) is 43.1 Å². The number of rotatable bonds is 10. The Hall–Kier alpha value is -2.14. The van der Waals surface area contributed by atoms with E-state index in [4.69, 9.17) is 0 Å². The van der Waals surface area contributed by atoms with Gasteiger partial charge in [0.25, 0.3) is 0 Å². The number of hydrogen-bond donors (Lipinski definition) is 0. The maximum absolute atomic E-state index is 2.41. The fourth-order valence-electron chi connectivity index (χ4n) is 5.05. The third-order valence-electron chi connectivity index (χ3n) is 7.25. The molecule has 0 spiro atoms. The van der Waals surface area contributed by atoms with Crippen LogP contribution in [0.1, 0.15) is 38.3 Å². The second kappa shape index (κ2) is 11.5. The minimum Gasteiger partial charge on any atom is -0.324 e. The summed E-state index contributed by atoms with van der Waals surface area (Å²) in [7, 11) is 0. The molecule has 0 aliphatic carbocycles. The Kier molecular flexibility index (Phi) is 8.46. The predicted octanol–water partition coefficient (Wildman–Crippen LogP) is 8.55. The molecule has 34 heavy (non-hydrogen) atoms. The summed E-state index contributed by atoms with van der Waals surface area (Å²) in [5, 5.41) is 0. The highest BCUT2D eigenvalue weighted by Crippen LogP contribution is 2.52. The minimum atomic E-state index is 1.16. The Labute approximate surface area is 214 Å². The molecule has 0 N–H and O–H groups in total. The molecule has 4 rings (SSSR count). The lowest BCUT2D eigenvalue weighted by Gasteiger charge is -2.36. The van der Waals surface area contributed by atoms with E-state index in [0.29, 0.717) is 0 Å². The summed E-state index contributed by atoms with van der Waals surface area (Å²) in [6, 6.07) is 28.5. The van der Waals surface area contributed by atoms with E-state index in [9.17, 15) is 0 Å². The van der Waals surface area contributed by atoms with Gasteiger partial charge >= 0.3 is 0 Å². The van der Waals surface area contributed by atoms with Crippen molar-refractivity contribution in [1.29, 1.82) is 0 Å². The summed E-state index contributed by atoms with van der Waals surface area (Å²) >= 11 is 3.93. The number of para-hydroxylation sites is 3. The lowest BCUT2D eigenvalue weighted by molar-refractivity contribution is -0.923. The van der Waals surface area contributed by atoms with Crippen molar-refractivity contribution in [3.63, 3.8) is 0 Å². The number of quaternary nitrogens is 1. The van der Waals surface area contributed by atoms with Crippen LogP contribution in [0.2, 0.25) is 0 Å². The van der Waals surface area contributed by atoms with Crippen LogP contribution in [0.4, 0.5) is 17.1 Å². The van der Waals surface area contributed by atoms with Crippen molar-refractivity contribution in [3.8, 4) is 0 Å². The number of nitrogens with zero attached hydrogens (tertiary/aromatic N) is 2. The summed E-state index contributed by atoms with van der Waals surface area (Å²) in [4.78, 5) is 2.41. The second-order valence-electron chi connectivity index (χ2n) is 8.79. The Bertz CT molecular complexity index is 1060. The molecular weight excluding hydrogens is 452 g/mol.